The molecule has 1 aliphatic heterocycles. The summed E-state index contributed by atoms with van der Waals surface area (Å²) in [5.41, 5.74) is 0.967. The van der Waals surface area contributed by atoms with Gasteiger partial charge in [-0.3, -0.25) is 9.59 Å². The molecule has 3 rings (SSSR count). The van der Waals surface area contributed by atoms with E-state index in [9.17, 15) is 18.0 Å². The highest BCUT2D eigenvalue weighted by atomic mass is 32.2. The Morgan fingerprint density at radius 2 is 1.67 bits per heavy atom. The number of nitrogens with zero attached hydrogens (tertiary/aromatic N) is 1. The van der Waals surface area contributed by atoms with Crippen molar-refractivity contribution < 1.29 is 23.1 Å². The summed E-state index contributed by atoms with van der Waals surface area (Å²) in [7, 11) is -3.49. The molecule has 0 bridgehead atoms. The van der Waals surface area contributed by atoms with E-state index in [2.05, 4.69) is 0 Å². The molecule has 1 heterocycles. The van der Waals surface area contributed by atoms with Crippen LogP contribution in [0.5, 0.6) is 0 Å². The molecule has 1 N–H and O–H groups in total. The number of hydrogen-bond donors (Lipinski definition) is 1. The number of hydrogen-bond acceptors (Lipinski definition) is 4. The number of carboxylic acid groups (broad SMARTS) is 1. The van der Waals surface area contributed by atoms with E-state index in [1.54, 1.807) is 59.5 Å². The van der Waals surface area contributed by atoms with Crippen LogP contribution in [0.25, 0.3) is 0 Å². The first-order valence-electron chi connectivity index (χ1n) is 8.75. The Morgan fingerprint density at radius 1 is 1.00 bits per heavy atom. The van der Waals surface area contributed by atoms with E-state index < -0.39 is 21.7 Å². The van der Waals surface area contributed by atoms with Crippen LogP contribution in [0, 0.1) is 5.92 Å². The molecule has 0 radical (unpaired) electrons. The first-order valence-corrected chi connectivity index (χ1v) is 10.4. The van der Waals surface area contributed by atoms with Gasteiger partial charge in [0.05, 0.1) is 16.6 Å². The van der Waals surface area contributed by atoms with Crippen LogP contribution in [0.1, 0.15) is 28.8 Å². The summed E-state index contributed by atoms with van der Waals surface area (Å²) in [5.74, 6) is -1.61. The second kappa shape index (κ2) is 7.92. The highest BCUT2D eigenvalue weighted by Crippen LogP contribution is 2.21. The van der Waals surface area contributed by atoms with E-state index in [0.29, 0.717) is 37.1 Å². The zero-order valence-corrected chi connectivity index (χ0v) is 15.6. The Labute approximate surface area is 158 Å². The van der Waals surface area contributed by atoms with Gasteiger partial charge < -0.3 is 10.0 Å². The molecule has 1 amide bonds. The first kappa shape index (κ1) is 19.1. The minimum atomic E-state index is -3.49. The minimum absolute atomic E-state index is 0.181. The number of carboxylic acids is 1. The van der Waals surface area contributed by atoms with Crippen molar-refractivity contribution in [3.8, 4) is 0 Å². The summed E-state index contributed by atoms with van der Waals surface area (Å²) in [6, 6.07) is 14.8. The number of piperidine rings is 1. The fourth-order valence-corrected chi connectivity index (χ4v) is 4.59. The highest BCUT2D eigenvalue weighted by Gasteiger charge is 2.27. The molecule has 0 spiro atoms. The van der Waals surface area contributed by atoms with Crippen LogP contribution in [0.2, 0.25) is 0 Å². The summed E-state index contributed by atoms with van der Waals surface area (Å²) in [6.07, 6.45) is 0.867. The van der Waals surface area contributed by atoms with Crippen molar-refractivity contribution in [2.24, 2.45) is 5.92 Å². The average Bonchev–Trinajstić information content (AvgIpc) is 2.68. The van der Waals surface area contributed by atoms with Crippen molar-refractivity contribution in [2.45, 2.75) is 23.5 Å². The lowest BCUT2D eigenvalue weighted by Crippen LogP contribution is -2.40. The zero-order chi connectivity index (χ0) is 19.4. The van der Waals surface area contributed by atoms with Crippen LogP contribution in [-0.4, -0.2) is 43.4 Å². The van der Waals surface area contributed by atoms with Crippen molar-refractivity contribution in [2.75, 3.05) is 13.1 Å². The van der Waals surface area contributed by atoms with E-state index >= 15 is 0 Å². The number of amides is 1. The lowest BCUT2D eigenvalue weighted by atomic mass is 9.96. The Morgan fingerprint density at radius 3 is 2.30 bits per heavy atom. The van der Waals surface area contributed by atoms with E-state index in [1.165, 1.54) is 0 Å². The van der Waals surface area contributed by atoms with Crippen molar-refractivity contribution in [3.05, 3.63) is 65.7 Å². The summed E-state index contributed by atoms with van der Waals surface area (Å²) in [5, 5.41) is 9.06. The molecule has 27 heavy (non-hydrogen) atoms. The fourth-order valence-electron chi connectivity index (χ4n) is 3.24. The van der Waals surface area contributed by atoms with Crippen molar-refractivity contribution in [3.63, 3.8) is 0 Å². The smallest absolute Gasteiger partial charge is 0.306 e. The van der Waals surface area contributed by atoms with Gasteiger partial charge in [-0.15, -0.1) is 0 Å². The number of rotatable bonds is 5. The molecular formula is C20H21NO5S. The highest BCUT2D eigenvalue weighted by molar-refractivity contribution is 7.90. The summed E-state index contributed by atoms with van der Waals surface area (Å²) in [6.45, 7) is 0.782. The fraction of sp³-hybridized carbons (Fsp3) is 0.300. The van der Waals surface area contributed by atoms with Crippen molar-refractivity contribution >= 4 is 21.7 Å². The third-order valence-corrected chi connectivity index (χ3v) is 6.47. The van der Waals surface area contributed by atoms with Gasteiger partial charge in [0.15, 0.2) is 9.84 Å². The molecular weight excluding hydrogens is 366 g/mol. The maximum Gasteiger partial charge on any atom is 0.306 e. The standard InChI is InChI=1S/C20H21NO5S/c22-19(21-11-9-16(10-12-21)20(23)24)17-6-4-5-15(13-17)14-27(25,26)18-7-2-1-3-8-18/h1-8,13,16H,9-12,14H2,(H,23,24). The molecule has 6 nitrogen and oxygen atoms in total. The molecule has 2 aromatic carbocycles. The van der Waals surface area contributed by atoms with Crippen LogP contribution in [-0.2, 0) is 20.4 Å². The second-order valence-corrected chi connectivity index (χ2v) is 8.67. The Kier molecular flexibility index (Phi) is 5.60. The topological polar surface area (TPSA) is 91.8 Å². The van der Waals surface area contributed by atoms with Crippen LogP contribution in [0.15, 0.2) is 59.5 Å². The minimum Gasteiger partial charge on any atom is -0.481 e. The predicted molar refractivity (Wildman–Crippen MR) is 100 cm³/mol. The van der Waals surface area contributed by atoms with E-state index in [1.807, 2.05) is 0 Å². The molecule has 0 aromatic heterocycles. The van der Waals surface area contributed by atoms with Gasteiger partial charge in [0.2, 0.25) is 0 Å². The van der Waals surface area contributed by atoms with Crippen LogP contribution >= 0.6 is 0 Å². The second-order valence-electron chi connectivity index (χ2n) is 6.68. The quantitative estimate of drug-likeness (QED) is 0.851. The molecule has 0 aliphatic carbocycles. The molecule has 0 saturated carbocycles. The lowest BCUT2D eigenvalue weighted by Gasteiger charge is -2.30. The number of benzene rings is 2. The average molecular weight is 387 g/mol. The number of aliphatic carboxylic acids is 1. The van der Waals surface area contributed by atoms with Crippen LogP contribution in [0.3, 0.4) is 0 Å². The normalized spacial score (nSPS) is 15.5. The monoisotopic (exact) mass is 387 g/mol. The molecule has 1 fully saturated rings. The molecule has 142 valence electrons. The van der Waals surface area contributed by atoms with Gasteiger partial charge in [0, 0.05) is 18.7 Å². The number of sulfone groups is 1. The zero-order valence-electron chi connectivity index (χ0n) is 14.7. The first-order chi connectivity index (χ1) is 12.9. The van der Waals surface area contributed by atoms with E-state index in [-0.39, 0.29) is 16.6 Å². The van der Waals surface area contributed by atoms with Gasteiger partial charge >= 0.3 is 5.97 Å². The Hall–Kier alpha value is -2.67. The van der Waals surface area contributed by atoms with Gasteiger partial charge in [0.25, 0.3) is 5.91 Å². The molecule has 2 aromatic rings. The molecule has 0 unspecified atom stereocenters. The summed E-state index contributed by atoms with van der Waals surface area (Å²) >= 11 is 0. The summed E-state index contributed by atoms with van der Waals surface area (Å²) < 4.78 is 25.1. The molecule has 0 atom stereocenters. The van der Waals surface area contributed by atoms with Gasteiger partial charge in [-0.05, 0) is 42.7 Å². The largest absolute Gasteiger partial charge is 0.481 e. The predicted octanol–water partition coefficient (Wildman–Crippen LogP) is 2.60. The Balaban J connectivity index is 1.72. The number of likely N-dealkylation sites (tertiary alicyclic amines) is 1. The van der Waals surface area contributed by atoms with Crippen molar-refractivity contribution in [1.29, 1.82) is 0 Å². The maximum atomic E-state index is 12.7. The molecule has 1 saturated heterocycles. The van der Waals surface area contributed by atoms with E-state index in [0.717, 1.165) is 0 Å². The summed E-state index contributed by atoms with van der Waals surface area (Å²) in [4.78, 5) is 25.6. The Bertz CT molecular complexity index is 932. The van der Waals surface area contributed by atoms with Crippen molar-refractivity contribution in [1.82, 2.24) is 4.90 Å². The van der Waals surface area contributed by atoms with Crippen LogP contribution in [0.4, 0.5) is 0 Å². The number of carbonyl (C=O) groups excluding carboxylic acids is 1. The molecule has 7 heteroatoms. The van der Waals surface area contributed by atoms with Crippen LogP contribution < -0.4 is 0 Å². The third kappa shape index (κ3) is 4.54. The number of carbonyl (C=O) groups is 2. The molecule has 1 aliphatic rings. The SMILES string of the molecule is O=C(O)C1CCN(C(=O)c2cccc(CS(=O)(=O)c3ccccc3)c2)CC1. The lowest BCUT2D eigenvalue weighted by molar-refractivity contribution is -0.143. The van der Waals surface area contributed by atoms with Gasteiger partial charge in [-0.1, -0.05) is 30.3 Å². The van der Waals surface area contributed by atoms with Gasteiger partial charge in [-0.25, -0.2) is 8.42 Å². The third-order valence-electron chi connectivity index (χ3n) is 4.76. The van der Waals surface area contributed by atoms with E-state index in [4.69, 9.17) is 5.11 Å². The van der Waals surface area contributed by atoms with Gasteiger partial charge in [0.1, 0.15) is 0 Å². The maximum absolute atomic E-state index is 12.7. The van der Waals surface area contributed by atoms with Gasteiger partial charge in [-0.2, -0.15) is 0 Å².